The monoisotopic (exact) mass is 252 g/mol. The van der Waals surface area contributed by atoms with Gasteiger partial charge in [-0.2, -0.15) is 0 Å². The zero-order valence-electron chi connectivity index (χ0n) is 10.5. The van der Waals surface area contributed by atoms with Gasteiger partial charge in [-0.3, -0.25) is 0 Å². The Labute approximate surface area is 105 Å². The predicted octanol–water partition coefficient (Wildman–Crippen LogP) is 0.516. The lowest BCUT2D eigenvalue weighted by Crippen LogP contribution is -2.65. The molecule has 2 bridgehead atoms. The summed E-state index contributed by atoms with van der Waals surface area (Å²) < 4.78 is 15.4. The Balaban J connectivity index is 1.77. The Morgan fingerprint density at radius 1 is 1.00 bits per heavy atom. The molecule has 4 fully saturated rings. The van der Waals surface area contributed by atoms with Gasteiger partial charge >= 0.3 is 11.9 Å². The molecule has 1 saturated heterocycles. The Kier molecular flexibility index (Phi) is 1.74. The van der Waals surface area contributed by atoms with Crippen LogP contribution in [0.25, 0.3) is 0 Å². The number of epoxide rings is 1. The van der Waals surface area contributed by atoms with Gasteiger partial charge in [0.2, 0.25) is 11.2 Å². The van der Waals surface area contributed by atoms with Crippen LogP contribution in [0.2, 0.25) is 0 Å². The third kappa shape index (κ3) is 0.776. The zero-order valence-corrected chi connectivity index (χ0v) is 10.5. The molecule has 18 heavy (non-hydrogen) atoms. The number of hydrogen-bond acceptors (Lipinski definition) is 5. The van der Waals surface area contributed by atoms with Crippen molar-refractivity contribution in [3.8, 4) is 0 Å². The van der Waals surface area contributed by atoms with Crippen molar-refractivity contribution in [2.45, 2.75) is 30.5 Å². The molecule has 1 heterocycles. The van der Waals surface area contributed by atoms with Gasteiger partial charge in [-0.25, -0.2) is 9.59 Å². The maximum absolute atomic E-state index is 12.0. The summed E-state index contributed by atoms with van der Waals surface area (Å²) in [5.41, 5.74) is -2.03. The highest BCUT2D eigenvalue weighted by Gasteiger charge is 2.98. The fraction of sp³-hybridized carbons (Fsp3) is 0.846. The first kappa shape index (κ1) is 10.8. The minimum absolute atomic E-state index is 0.169. The normalized spacial score (nSPS) is 54.1. The molecule has 5 heteroatoms. The summed E-state index contributed by atoms with van der Waals surface area (Å²) in [6, 6.07) is 0. The Morgan fingerprint density at radius 2 is 1.44 bits per heavy atom. The summed E-state index contributed by atoms with van der Waals surface area (Å²) in [7, 11) is 2.70. The number of esters is 2. The summed E-state index contributed by atoms with van der Waals surface area (Å²) in [5, 5.41) is 0. The number of methoxy groups -OCH3 is 2. The molecular formula is C13H16O5. The van der Waals surface area contributed by atoms with Crippen molar-refractivity contribution in [1.29, 1.82) is 0 Å². The molecule has 0 aromatic heterocycles. The lowest BCUT2D eigenvalue weighted by molar-refractivity contribution is -0.164. The van der Waals surface area contributed by atoms with Crippen LogP contribution in [0.15, 0.2) is 0 Å². The molecule has 0 N–H and O–H groups in total. The van der Waals surface area contributed by atoms with Crippen LogP contribution in [0.3, 0.4) is 0 Å². The highest BCUT2D eigenvalue weighted by Crippen LogP contribution is 2.81. The van der Waals surface area contributed by atoms with Crippen molar-refractivity contribution < 1.29 is 23.8 Å². The van der Waals surface area contributed by atoms with E-state index in [1.165, 1.54) is 14.2 Å². The SMILES string of the molecule is COC(=O)C12OC1(C(=O)OC)C1C3CCC(C3)C12. The molecule has 0 spiro atoms. The molecule has 98 valence electrons. The van der Waals surface area contributed by atoms with E-state index in [-0.39, 0.29) is 11.8 Å². The zero-order chi connectivity index (χ0) is 12.7. The molecular weight excluding hydrogens is 236 g/mol. The van der Waals surface area contributed by atoms with E-state index in [2.05, 4.69) is 0 Å². The number of carbonyl (C=O) groups excluding carboxylic acids is 2. The summed E-state index contributed by atoms with van der Waals surface area (Å²) in [6.45, 7) is 0. The fourth-order valence-electron chi connectivity index (χ4n) is 5.19. The molecule has 4 rings (SSSR count). The van der Waals surface area contributed by atoms with Crippen molar-refractivity contribution in [2.75, 3.05) is 14.2 Å². The van der Waals surface area contributed by atoms with Crippen LogP contribution in [0.4, 0.5) is 0 Å². The van der Waals surface area contributed by atoms with Gasteiger partial charge in [0.15, 0.2) is 0 Å². The first-order chi connectivity index (χ1) is 8.63. The average molecular weight is 252 g/mol. The van der Waals surface area contributed by atoms with E-state index in [0.29, 0.717) is 11.8 Å². The number of rotatable bonds is 2. The van der Waals surface area contributed by atoms with Crippen molar-refractivity contribution in [1.82, 2.24) is 0 Å². The van der Waals surface area contributed by atoms with E-state index < -0.39 is 23.1 Å². The minimum atomic E-state index is -1.01. The maximum Gasteiger partial charge on any atom is 0.342 e. The Morgan fingerprint density at radius 3 is 1.83 bits per heavy atom. The lowest BCUT2D eigenvalue weighted by Gasteiger charge is -2.45. The quantitative estimate of drug-likeness (QED) is 0.529. The molecule has 0 aromatic carbocycles. The largest absolute Gasteiger partial charge is 0.467 e. The molecule has 0 radical (unpaired) electrons. The van der Waals surface area contributed by atoms with Crippen molar-refractivity contribution in [3.05, 3.63) is 0 Å². The van der Waals surface area contributed by atoms with Crippen LogP contribution in [0.5, 0.6) is 0 Å². The Hall–Kier alpha value is -1.10. The molecule has 3 aliphatic carbocycles. The highest BCUT2D eigenvalue weighted by molar-refractivity contribution is 6.02. The standard InChI is InChI=1S/C13H16O5/c1-16-10(14)12-8-6-3-4-7(5-6)9(8)13(12,18-12)11(15)17-2/h6-9H,3-5H2,1-2H3. The van der Waals surface area contributed by atoms with Gasteiger partial charge in [0, 0.05) is 11.8 Å². The summed E-state index contributed by atoms with van der Waals surface area (Å²) in [4.78, 5) is 24.1. The second kappa shape index (κ2) is 2.90. The van der Waals surface area contributed by atoms with Crippen molar-refractivity contribution in [2.24, 2.45) is 23.7 Å². The molecule has 6 atom stereocenters. The molecule has 0 aromatic rings. The van der Waals surface area contributed by atoms with Gasteiger partial charge in [-0.1, -0.05) is 0 Å². The minimum Gasteiger partial charge on any atom is -0.467 e. The fourth-order valence-corrected chi connectivity index (χ4v) is 5.19. The Bertz CT molecular complexity index is 420. The van der Waals surface area contributed by atoms with Gasteiger partial charge in [0.25, 0.3) is 0 Å². The number of ether oxygens (including phenoxy) is 3. The highest BCUT2D eigenvalue weighted by atomic mass is 16.7. The van der Waals surface area contributed by atoms with Crippen LogP contribution >= 0.6 is 0 Å². The molecule has 3 saturated carbocycles. The first-order valence-corrected chi connectivity index (χ1v) is 6.50. The molecule has 4 aliphatic rings. The van der Waals surface area contributed by atoms with E-state index in [1.54, 1.807) is 0 Å². The molecule has 1 aliphatic heterocycles. The second-order valence-electron chi connectivity index (χ2n) is 5.94. The summed E-state index contributed by atoms with van der Waals surface area (Å²) >= 11 is 0. The summed E-state index contributed by atoms with van der Waals surface area (Å²) in [6.07, 6.45) is 3.41. The lowest BCUT2D eigenvalue weighted by atomic mass is 9.52. The van der Waals surface area contributed by atoms with Crippen LogP contribution in [0, 0.1) is 23.7 Å². The smallest absolute Gasteiger partial charge is 0.342 e. The van der Waals surface area contributed by atoms with Gasteiger partial charge in [0.05, 0.1) is 14.2 Å². The van der Waals surface area contributed by atoms with E-state index in [4.69, 9.17) is 14.2 Å². The van der Waals surface area contributed by atoms with E-state index in [9.17, 15) is 9.59 Å². The van der Waals surface area contributed by atoms with Gasteiger partial charge < -0.3 is 14.2 Å². The van der Waals surface area contributed by atoms with Gasteiger partial charge in [0.1, 0.15) is 0 Å². The average Bonchev–Trinajstić information content (AvgIpc) is 2.72. The van der Waals surface area contributed by atoms with Crippen LogP contribution in [0.1, 0.15) is 19.3 Å². The van der Waals surface area contributed by atoms with Crippen LogP contribution < -0.4 is 0 Å². The number of fused-ring (bicyclic) bond motifs is 8. The van der Waals surface area contributed by atoms with Crippen LogP contribution in [-0.2, 0) is 23.8 Å². The topological polar surface area (TPSA) is 65.1 Å². The molecule has 0 amide bonds. The molecule has 6 unspecified atom stereocenters. The first-order valence-electron chi connectivity index (χ1n) is 6.50. The third-order valence-electron chi connectivity index (χ3n) is 5.66. The van der Waals surface area contributed by atoms with Crippen molar-refractivity contribution in [3.63, 3.8) is 0 Å². The number of hydrogen-bond donors (Lipinski definition) is 0. The second-order valence-corrected chi connectivity index (χ2v) is 5.94. The van der Waals surface area contributed by atoms with Crippen LogP contribution in [-0.4, -0.2) is 37.4 Å². The van der Waals surface area contributed by atoms with E-state index in [1.807, 2.05) is 0 Å². The van der Waals surface area contributed by atoms with E-state index >= 15 is 0 Å². The van der Waals surface area contributed by atoms with Gasteiger partial charge in [-0.15, -0.1) is 0 Å². The molecule has 5 nitrogen and oxygen atoms in total. The maximum atomic E-state index is 12.0. The summed E-state index contributed by atoms with van der Waals surface area (Å²) in [5.74, 6) is 0.563. The van der Waals surface area contributed by atoms with Crippen molar-refractivity contribution >= 4 is 11.9 Å². The van der Waals surface area contributed by atoms with Gasteiger partial charge in [-0.05, 0) is 31.1 Å². The third-order valence-corrected chi connectivity index (χ3v) is 5.66. The van der Waals surface area contributed by atoms with E-state index in [0.717, 1.165) is 19.3 Å². The number of carbonyl (C=O) groups is 2. The predicted molar refractivity (Wildman–Crippen MR) is 58.4 cm³/mol.